The first-order valence-corrected chi connectivity index (χ1v) is 7.65. The Morgan fingerprint density at radius 3 is 1.30 bits per heavy atom. The second-order valence-electron chi connectivity index (χ2n) is 4.52. The molecule has 0 radical (unpaired) electrons. The van der Waals surface area contributed by atoms with Crippen molar-refractivity contribution in [1.82, 2.24) is 0 Å². The molecule has 3 aromatic carbocycles. The van der Waals surface area contributed by atoms with Crippen molar-refractivity contribution in [2.45, 2.75) is 0 Å². The van der Waals surface area contributed by atoms with E-state index in [1.54, 1.807) is 14.2 Å². The molecule has 0 amide bonds. The molecule has 3 rings (SSSR count). The molecule has 0 aliphatic carbocycles. The van der Waals surface area contributed by atoms with E-state index < -0.39 is 0 Å². The number of rotatable bonds is 2. The number of benzene rings is 3. The predicted octanol–water partition coefficient (Wildman–Crippen LogP) is 5.54. The molecule has 0 bridgehead atoms. The molecule has 0 saturated heterocycles. The van der Waals surface area contributed by atoms with Crippen molar-refractivity contribution in [2.24, 2.45) is 0 Å². The summed E-state index contributed by atoms with van der Waals surface area (Å²) >= 11 is 7.05. The second kappa shape index (κ2) is 5.26. The number of ether oxygens (including phenoxy) is 2. The molecule has 4 heteroatoms. The van der Waals surface area contributed by atoms with Gasteiger partial charge in [0.25, 0.3) is 0 Å². The highest BCUT2D eigenvalue weighted by atomic mass is 79.9. The van der Waals surface area contributed by atoms with Crippen molar-refractivity contribution >= 4 is 53.4 Å². The summed E-state index contributed by atoms with van der Waals surface area (Å²) in [5.74, 6) is 1.67. The lowest BCUT2D eigenvalue weighted by atomic mass is 10.0. The largest absolute Gasteiger partial charge is 0.496 e. The average Bonchev–Trinajstić information content (AvgIpc) is 2.44. The van der Waals surface area contributed by atoms with E-state index >= 15 is 0 Å². The van der Waals surface area contributed by atoms with Crippen LogP contribution in [0.5, 0.6) is 11.5 Å². The first kappa shape index (κ1) is 13.7. The zero-order valence-corrected chi connectivity index (χ0v) is 14.2. The zero-order chi connectivity index (χ0) is 14.3. The third-order valence-corrected chi connectivity index (χ3v) is 4.58. The van der Waals surface area contributed by atoms with Crippen molar-refractivity contribution in [2.75, 3.05) is 14.2 Å². The maximum atomic E-state index is 5.35. The van der Waals surface area contributed by atoms with E-state index in [2.05, 4.69) is 56.1 Å². The van der Waals surface area contributed by atoms with Gasteiger partial charge < -0.3 is 9.47 Å². The molecule has 0 aliphatic heterocycles. The van der Waals surface area contributed by atoms with E-state index in [4.69, 9.17) is 9.47 Å². The molecule has 102 valence electrons. The highest BCUT2D eigenvalue weighted by Gasteiger charge is 2.07. The van der Waals surface area contributed by atoms with Gasteiger partial charge in [-0.05, 0) is 89.8 Å². The van der Waals surface area contributed by atoms with E-state index in [1.165, 1.54) is 0 Å². The Balaban J connectivity index is 2.34. The zero-order valence-electron chi connectivity index (χ0n) is 11.0. The SMILES string of the molecule is COc1cc2cc3cc(Br)c(OC)cc3cc2cc1Br. The van der Waals surface area contributed by atoms with Crippen molar-refractivity contribution in [3.63, 3.8) is 0 Å². The average molecular weight is 396 g/mol. The molecule has 0 spiro atoms. The van der Waals surface area contributed by atoms with Crippen LogP contribution in [0.2, 0.25) is 0 Å². The lowest BCUT2D eigenvalue weighted by Crippen LogP contribution is -1.87. The maximum Gasteiger partial charge on any atom is 0.133 e. The van der Waals surface area contributed by atoms with E-state index in [1.807, 2.05) is 12.1 Å². The van der Waals surface area contributed by atoms with Gasteiger partial charge in [-0.3, -0.25) is 0 Å². The summed E-state index contributed by atoms with van der Waals surface area (Å²) < 4.78 is 12.6. The van der Waals surface area contributed by atoms with E-state index in [-0.39, 0.29) is 0 Å². The van der Waals surface area contributed by atoms with Crippen LogP contribution in [0.25, 0.3) is 21.5 Å². The van der Waals surface area contributed by atoms with Gasteiger partial charge in [0.2, 0.25) is 0 Å². The monoisotopic (exact) mass is 394 g/mol. The van der Waals surface area contributed by atoms with Crippen molar-refractivity contribution in [3.05, 3.63) is 45.3 Å². The number of halogens is 2. The van der Waals surface area contributed by atoms with Crippen LogP contribution < -0.4 is 9.47 Å². The molecule has 0 aliphatic rings. The lowest BCUT2D eigenvalue weighted by Gasteiger charge is -2.09. The third kappa shape index (κ3) is 2.27. The summed E-state index contributed by atoms with van der Waals surface area (Å²) in [5.41, 5.74) is 0. The van der Waals surface area contributed by atoms with Crippen LogP contribution in [-0.2, 0) is 0 Å². The fraction of sp³-hybridized carbons (Fsp3) is 0.125. The normalized spacial score (nSPS) is 11.0. The second-order valence-corrected chi connectivity index (χ2v) is 6.23. The molecule has 3 aromatic rings. The minimum Gasteiger partial charge on any atom is -0.496 e. The quantitative estimate of drug-likeness (QED) is 0.530. The minimum atomic E-state index is 0.837. The Hall–Kier alpha value is -1.26. The maximum absolute atomic E-state index is 5.35. The topological polar surface area (TPSA) is 18.5 Å². The minimum absolute atomic E-state index is 0.837. The van der Waals surface area contributed by atoms with Gasteiger partial charge in [0, 0.05) is 0 Å². The van der Waals surface area contributed by atoms with Gasteiger partial charge in [-0.25, -0.2) is 0 Å². The fourth-order valence-corrected chi connectivity index (χ4v) is 3.36. The van der Waals surface area contributed by atoms with E-state index in [9.17, 15) is 0 Å². The van der Waals surface area contributed by atoms with Crippen molar-refractivity contribution < 1.29 is 9.47 Å². The molecule has 0 fully saturated rings. The molecule has 0 unspecified atom stereocenters. The molecule has 0 atom stereocenters. The number of hydrogen-bond donors (Lipinski definition) is 0. The number of fused-ring (bicyclic) bond motifs is 2. The van der Waals surface area contributed by atoms with E-state index in [0.717, 1.165) is 42.0 Å². The van der Waals surface area contributed by atoms with Crippen LogP contribution in [0, 0.1) is 0 Å². The van der Waals surface area contributed by atoms with Crippen LogP contribution in [0.1, 0.15) is 0 Å². The summed E-state index contributed by atoms with van der Waals surface area (Å²) in [7, 11) is 3.35. The highest BCUT2D eigenvalue weighted by Crippen LogP contribution is 2.35. The Bertz CT molecular complexity index is 743. The molecular weight excluding hydrogens is 384 g/mol. The van der Waals surface area contributed by atoms with Gasteiger partial charge >= 0.3 is 0 Å². The van der Waals surface area contributed by atoms with Gasteiger partial charge in [-0.1, -0.05) is 0 Å². The number of hydrogen-bond acceptors (Lipinski definition) is 2. The first-order chi connectivity index (χ1) is 9.62. The predicted molar refractivity (Wildman–Crippen MR) is 90.0 cm³/mol. The Labute approximate surface area is 133 Å². The Morgan fingerprint density at radius 1 is 0.600 bits per heavy atom. The van der Waals surface area contributed by atoms with Crippen LogP contribution >= 0.6 is 31.9 Å². The van der Waals surface area contributed by atoms with Gasteiger partial charge in [0.05, 0.1) is 23.2 Å². The summed E-state index contributed by atoms with van der Waals surface area (Å²) in [6.07, 6.45) is 0. The lowest BCUT2D eigenvalue weighted by molar-refractivity contribution is 0.412. The molecular formula is C16H12Br2O2. The molecule has 0 saturated carbocycles. The van der Waals surface area contributed by atoms with Crippen LogP contribution in [-0.4, -0.2) is 14.2 Å². The van der Waals surface area contributed by atoms with Crippen LogP contribution in [0.3, 0.4) is 0 Å². The van der Waals surface area contributed by atoms with Crippen LogP contribution in [0.4, 0.5) is 0 Å². The molecule has 0 N–H and O–H groups in total. The molecule has 2 nitrogen and oxygen atoms in total. The number of methoxy groups -OCH3 is 2. The van der Waals surface area contributed by atoms with Gasteiger partial charge in [0.1, 0.15) is 11.5 Å². The summed E-state index contributed by atoms with van der Waals surface area (Å²) in [6, 6.07) is 12.5. The van der Waals surface area contributed by atoms with Gasteiger partial charge in [-0.2, -0.15) is 0 Å². The van der Waals surface area contributed by atoms with Crippen LogP contribution in [0.15, 0.2) is 45.3 Å². The molecule has 0 heterocycles. The smallest absolute Gasteiger partial charge is 0.133 e. The molecule has 0 aromatic heterocycles. The van der Waals surface area contributed by atoms with Crippen molar-refractivity contribution in [1.29, 1.82) is 0 Å². The summed E-state index contributed by atoms with van der Waals surface area (Å²) in [5, 5.41) is 4.62. The van der Waals surface area contributed by atoms with Crippen molar-refractivity contribution in [3.8, 4) is 11.5 Å². The van der Waals surface area contributed by atoms with Gasteiger partial charge in [-0.15, -0.1) is 0 Å². The summed E-state index contributed by atoms with van der Waals surface area (Å²) in [6.45, 7) is 0. The van der Waals surface area contributed by atoms with Gasteiger partial charge in [0.15, 0.2) is 0 Å². The standard InChI is InChI=1S/C16H12Br2O2/c1-19-15-7-11-3-10-6-14(18)16(20-2)8-12(10)4-9(11)5-13(15)17/h3-8H,1-2H3. The first-order valence-electron chi connectivity index (χ1n) is 6.07. The molecule has 20 heavy (non-hydrogen) atoms. The Morgan fingerprint density at radius 2 is 0.950 bits per heavy atom. The Kier molecular flexibility index (Phi) is 3.61. The fourth-order valence-electron chi connectivity index (χ4n) is 2.32. The van der Waals surface area contributed by atoms with E-state index in [0.29, 0.717) is 0 Å². The highest BCUT2D eigenvalue weighted by molar-refractivity contribution is 9.11. The summed E-state index contributed by atoms with van der Waals surface area (Å²) in [4.78, 5) is 0. The third-order valence-electron chi connectivity index (χ3n) is 3.34.